The van der Waals surface area contributed by atoms with Crippen LogP contribution in [-0.2, 0) is 16.0 Å². The summed E-state index contributed by atoms with van der Waals surface area (Å²) in [5.74, 6) is -0.177. The Balaban J connectivity index is 1.43. The highest BCUT2D eigenvalue weighted by Gasteiger charge is 2.25. The molecule has 0 radical (unpaired) electrons. The van der Waals surface area contributed by atoms with Gasteiger partial charge in [-0.15, -0.1) is 0 Å². The Hall–Kier alpha value is -3.02. The van der Waals surface area contributed by atoms with Gasteiger partial charge in [-0.05, 0) is 48.7 Å². The van der Waals surface area contributed by atoms with Gasteiger partial charge >= 0.3 is 11.8 Å². The second-order valence-electron chi connectivity index (χ2n) is 6.97. The van der Waals surface area contributed by atoms with E-state index >= 15 is 0 Å². The highest BCUT2D eigenvalue weighted by Crippen LogP contribution is 2.18. The summed E-state index contributed by atoms with van der Waals surface area (Å²) < 4.78 is 5.13. The van der Waals surface area contributed by atoms with Crippen molar-refractivity contribution in [2.24, 2.45) is 0 Å². The fourth-order valence-corrected chi connectivity index (χ4v) is 3.32. The van der Waals surface area contributed by atoms with E-state index in [0.717, 1.165) is 30.1 Å². The van der Waals surface area contributed by atoms with Crippen LogP contribution in [0, 0.1) is 6.92 Å². The molecule has 0 saturated carbocycles. The molecule has 2 aromatic carbocycles. The third kappa shape index (κ3) is 5.03. The van der Waals surface area contributed by atoms with Gasteiger partial charge in [0.25, 0.3) is 0 Å². The van der Waals surface area contributed by atoms with E-state index in [9.17, 15) is 9.59 Å². The maximum atomic E-state index is 12.4. The number of hydrogen-bond acceptors (Lipinski definition) is 4. The van der Waals surface area contributed by atoms with Crippen LogP contribution in [0.5, 0.6) is 5.75 Å². The largest absolute Gasteiger partial charge is 0.497 e. The molecule has 1 aliphatic rings. The average molecular weight is 381 g/mol. The summed E-state index contributed by atoms with van der Waals surface area (Å²) in [6.07, 6.45) is 0.671. The van der Waals surface area contributed by atoms with E-state index < -0.39 is 11.8 Å². The summed E-state index contributed by atoms with van der Waals surface area (Å²) in [5.41, 5.74) is 3.46. The molecule has 148 valence electrons. The highest BCUT2D eigenvalue weighted by atomic mass is 16.5. The lowest BCUT2D eigenvalue weighted by Crippen LogP contribution is -2.52. The van der Waals surface area contributed by atoms with Crippen molar-refractivity contribution in [3.63, 3.8) is 0 Å². The zero-order valence-electron chi connectivity index (χ0n) is 16.5. The molecule has 0 spiro atoms. The molecule has 6 nitrogen and oxygen atoms in total. The molecule has 0 unspecified atom stereocenters. The number of anilines is 1. The van der Waals surface area contributed by atoms with Gasteiger partial charge in [-0.3, -0.25) is 9.59 Å². The maximum Gasteiger partial charge on any atom is 0.312 e. The molecule has 0 atom stereocenters. The van der Waals surface area contributed by atoms with Crippen LogP contribution in [0.1, 0.15) is 11.1 Å². The van der Waals surface area contributed by atoms with Gasteiger partial charge in [0.15, 0.2) is 0 Å². The van der Waals surface area contributed by atoms with E-state index in [1.54, 1.807) is 12.0 Å². The molecule has 1 saturated heterocycles. The lowest BCUT2D eigenvalue weighted by atomic mass is 10.1. The molecule has 2 amide bonds. The summed E-state index contributed by atoms with van der Waals surface area (Å²) in [6, 6.07) is 16.0. The Bertz CT molecular complexity index is 812. The van der Waals surface area contributed by atoms with Crippen LogP contribution in [0.4, 0.5) is 5.69 Å². The number of hydrogen-bond donors (Lipinski definition) is 1. The predicted molar refractivity (Wildman–Crippen MR) is 110 cm³/mol. The molecule has 0 aromatic heterocycles. The number of nitrogens with zero attached hydrogens (tertiary/aromatic N) is 2. The third-order valence-electron chi connectivity index (χ3n) is 4.99. The number of carbonyl (C=O) groups is 2. The molecule has 28 heavy (non-hydrogen) atoms. The van der Waals surface area contributed by atoms with Crippen LogP contribution in [0.25, 0.3) is 0 Å². The van der Waals surface area contributed by atoms with Crippen LogP contribution in [0.2, 0.25) is 0 Å². The van der Waals surface area contributed by atoms with Crippen LogP contribution < -0.4 is 15.0 Å². The monoisotopic (exact) mass is 381 g/mol. The van der Waals surface area contributed by atoms with Gasteiger partial charge in [0.2, 0.25) is 0 Å². The zero-order chi connectivity index (χ0) is 19.9. The van der Waals surface area contributed by atoms with E-state index in [2.05, 4.69) is 35.3 Å². The van der Waals surface area contributed by atoms with E-state index in [1.165, 1.54) is 5.56 Å². The molecular formula is C22H27N3O3. The number of nitrogens with one attached hydrogen (secondary N) is 1. The van der Waals surface area contributed by atoms with Crippen LogP contribution in [0.3, 0.4) is 0 Å². The first-order valence-electron chi connectivity index (χ1n) is 9.58. The Morgan fingerprint density at radius 3 is 2.39 bits per heavy atom. The Morgan fingerprint density at radius 1 is 1.04 bits per heavy atom. The number of rotatable bonds is 5. The number of piperazine rings is 1. The van der Waals surface area contributed by atoms with Crippen molar-refractivity contribution in [3.8, 4) is 5.75 Å². The first-order valence-corrected chi connectivity index (χ1v) is 9.58. The summed E-state index contributed by atoms with van der Waals surface area (Å²) in [4.78, 5) is 28.5. The van der Waals surface area contributed by atoms with Crippen molar-refractivity contribution < 1.29 is 14.3 Å². The topological polar surface area (TPSA) is 61.9 Å². The molecule has 3 rings (SSSR count). The standard InChI is InChI=1S/C22H27N3O3/c1-17-4-3-5-19(16-17)24-12-14-25(15-13-24)22(27)21(26)23-11-10-18-6-8-20(28-2)9-7-18/h3-9,16H,10-15H2,1-2H3,(H,23,26). The average Bonchev–Trinajstić information content (AvgIpc) is 2.73. The molecule has 0 aliphatic carbocycles. The highest BCUT2D eigenvalue weighted by molar-refractivity contribution is 6.35. The first kappa shape index (κ1) is 19.7. The number of ether oxygens (including phenoxy) is 1. The molecular weight excluding hydrogens is 354 g/mol. The molecule has 1 fully saturated rings. The summed E-state index contributed by atoms with van der Waals surface area (Å²) >= 11 is 0. The van der Waals surface area contributed by atoms with Crippen molar-refractivity contribution in [2.45, 2.75) is 13.3 Å². The fourth-order valence-electron chi connectivity index (χ4n) is 3.32. The zero-order valence-corrected chi connectivity index (χ0v) is 16.5. The molecule has 1 heterocycles. The number of carbonyl (C=O) groups excluding carboxylic acids is 2. The Morgan fingerprint density at radius 2 is 1.75 bits per heavy atom. The number of benzene rings is 2. The van der Waals surface area contributed by atoms with Crippen molar-refractivity contribution in [1.82, 2.24) is 10.2 Å². The van der Waals surface area contributed by atoms with Gasteiger partial charge in [-0.1, -0.05) is 24.3 Å². The number of methoxy groups -OCH3 is 1. The van der Waals surface area contributed by atoms with Crippen LogP contribution >= 0.6 is 0 Å². The number of amides is 2. The second kappa shape index (κ2) is 9.26. The molecule has 2 aromatic rings. The molecule has 6 heteroatoms. The summed E-state index contributed by atoms with van der Waals surface area (Å²) in [6.45, 7) is 5.07. The quantitative estimate of drug-likeness (QED) is 0.805. The van der Waals surface area contributed by atoms with Crippen molar-refractivity contribution in [1.29, 1.82) is 0 Å². The van der Waals surface area contributed by atoms with Crippen molar-refractivity contribution in [3.05, 3.63) is 59.7 Å². The lowest BCUT2D eigenvalue weighted by molar-refractivity contribution is -0.146. The van der Waals surface area contributed by atoms with Gasteiger partial charge in [0, 0.05) is 38.4 Å². The predicted octanol–water partition coefficient (Wildman–Crippen LogP) is 2.01. The molecule has 0 bridgehead atoms. The summed E-state index contributed by atoms with van der Waals surface area (Å²) in [7, 11) is 1.63. The van der Waals surface area contributed by atoms with Crippen LogP contribution in [0.15, 0.2) is 48.5 Å². The SMILES string of the molecule is COc1ccc(CCNC(=O)C(=O)N2CCN(c3cccc(C)c3)CC2)cc1. The van der Waals surface area contributed by atoms with Crippen LogP contribution in [-0.4, -0.2) is 56.5 Å². The first-order chi connectivity index (χ1) is 13.6. The minimum absolute atomic E-state index is 0.431. The Kier molecular flexibility index (Phi) is 6.53. The van der Waals surface area contributed by atoms with E-state index in [-0.39, 0.29) is 0 Å². The second-order valence-corrected chi connectivity index (χ2v) is 6.97. The third-order valence-corrected chi connectivity index (χ3v) is 4.99. The molecule has 1 N–H and O–H groups in total. The number of aryl methyl sites for hydroxylation is 1. The van der Waals surface area contributed by atoms with Crippen molar-refractivity contribution >= 4 is 17.5 Å². The van der Waals surface area contributed by atoms with Gasteiger partial charge < -0.3 is 19.9 Å². The summed E-state index contributed by atoms with van der Waals surface area (Å²) in [5, 5.41) is 2.73. The van der Waals surface area contributed by atoms with E-state index in [0.29, 0.717) is 26.1 Å². The Labute approximate surface area is 166 Å². The van der Waals surface area contributed by atoms with E-state index in [1.807, 2.05) is 30.3 Å². The normalized spacial score (nSPS) is 13.9. The van der Waals surface area contributed by atoms with Gasteiger partial charge in [0.05, 0.1) is 7.11 Å². The molecule has 1 aliphatic heterocycles. The van der Waals surface area contributed by atoms with Crippen molar-refractivity contribution in [2.75, 3.05) is 44.7 Å². The maximum absolute atomic E-state index is 12.4. The van der Waals surface area contributed by atoms with E-state index in [4.69, 9.17) is 4.74 Å². The van der Waals surface area contributed by atoms with Gasteiger partial charge in [-0.25, -0.2) is 0 Å². The fraction of sp³-hybridized carbons (Fsp3) is 0.364. The minimum Gasteiger partial charge on any atom is -0.497 e. The van der Waals surface area contributed by atoms with Gasteiger partial charge in [0.1, 0.15) is 5.75 Å². The lowest BCUT2D eigenvalue weighted by Gasteiger charge is -2.35. The smallest absolute Gasteiger partial charge is 0.312 e. The van der Waals surface area contributed by atoms with Gasteiger partial charge in [-0.2, -0.15) is 0 Å². The minimum atomic E-state index is -0.530.